The summed E-state index contributed by atoms with van der Waals surface area (Å²) in [6.07, 6.45) is 3.85. The van der Waals surface area contributed by atoms with Gasteiger partial charge in [0.05, 0.1) is 18.2 Å². The summed E-state index contributed by atoms with van der Waals surface area (Å²) in [6.45, 7) is 8.04. The van der Waals surface area contributed by atoms with Crippen molar-refractivity contribution in [2.45, 2.75) is 58.2 Å². The molecule has 1 amide bonds. The molecular weight excluding hydrogens is 368 g/mol. The fraction of sp³-hybridized carbons (Fsp3) is 0.545. The van der Waals surface area contributed by atoms with Crippen molar-refractivity contribution in [1.82, 2.24) is 20.3 Å². The van der Waals surface area contributed by atoms with E-state index < -0.39 is 11.6 Å². The maximum Gasteiger partial charge on any atom is 0.422 e. The summed E-state index contributed by atoms with van der Waals surface area (Å²) in [6, 6.07) is 8.33. The van der Waals surface area contributed by atoms with Gasteiger partial charge in [-0.2, -0.15) is 0 Å². The molecule has 1 atom stereocenters. The van der Waals surface area contributed by atoms with Crippen molar-refractivity contribution >= 4 is 17.0 Å². The minimum atomic E-state index is -0.888. The fourth-order valence-corrected chi connectivity index (χ4v) is 4.04. The lowest BCUT2D eigenvalue weighted by atomic mass is 10.1. The lowest BCUT2D eigenvalue weighted by Crippen LogP contribution is -2.56. The number of amides is 1. The van der Waals surface area contributed by atoms with Crippen LogP contribution in [0.2, 0.25) is 0 Å². The highest BCUT2D eigenvalue weighted by Crippen LogP contribution is 2.24. The van der Waals surface area contributed by atoms with Crippen LogP contribution in [0.15, 0.2) is 30.5 Å². The van der Waals surface area contributed by atoms with Crippen molar-refractivity contribution in [2.75, 3.05) is 20.2 Å². The minimum absolute atomic E-state index is 0.351. The van der Waals surface area contributed by atoms with Crippen molar-refractivity contribution in [1.29, 1.82) is 0 Å². The molecule has 1 aliphatic rings. The number of methoxy groups -OCH3 is 1. The third-order valence-corrected chi connectivity index (χ3v) is 5.42. The van der Waals surface area contributed by atoms with Crippen LogP contribution in [0.1, 0.15) is 45.6 Å². The quantitative estimate of drug-likeness (QED) is 0.793. The predicted molar refractivity (Wildman–Crippen MR) is 114 cm³/mol. The van der Waals surface area contributed by atoms with Crippen molar-refractivity contribution in [3.63, 3.8) is 0 Å². The molecule has 1 aliphatic heterocycles. The lowest BCUT2D eigenvalue weighted by Gasteiger charge is -2.41. The molecule has 7 nitrogen and oxygen atoms in total. The average molecular weight is 401 g/mol. The van der Waals surface area contributed by atoms with Gasteiger partial charge in [0.1, 0.15) is 5.75 Å². The number of ether oxygens (including phenoxy) is 1. The Balaban J connectivity index is 1.66. The van der Waals surface area contributed by atoms with Crippen LogP contribution in [0, 0.1) is 0 Å². The first-order chi connectivity index (χ1) is 13.8. The number of aromatic nitrogens is 1. The maximum absolute atomic E-state index is 11.8. The molecule has 1 unspecified atom stereocenters. The maximum atomic E-state index is 11.8. The van der Waals surface area contributed by atoms with Crippen molar-refractivity contribution in [3.8, 4) is 5.75 Å². The van der Waals surface area contributed by atoms with Gasteiger partial charge in [0.2, 0.25) is 0 Å². The number of pyridine rings is 1. The number of benzene rings is 1. The standard InChI is InChI=1S/C22H32N4O3/c1-22(2,3)26(21(27)28)25-12-5-6-17(10-13-25)24-15-16-9-11-23-20-8-7-18(29-4)14-19(16)20/h7-9,11,14,17,24H,5-6,10,12-13,15H2,1-4H3,(H,27,28). The van der Waals surface area contributed by atoms with E-state index in [1.165, 1.54) is 10.6 Å². The Morgan fingerprint density at radius 2 is 2.10 bits per heavy atom. The van der Waals surface area contributed by atoms with E-state index in [1.807, 2.05) is 56.2 Å². The molecule has 29 heavy (non-hydrogen) atoms. The van der Waals surface area contributed by atoms with Gasteiger partial charge in [-0.1, -0.05) is 0 Å². The van der Waals surface area contributed by atoms with E-state index in [2.05, 4.69) is 10.3 Å². The Bertz CT molecular complexity index is 850. The number of fused-ring (bicyclic) bond motifs is 1. The number of hydrogen-bond acceptors (Lipinski definition) is 5. The van der Waals surface area contributed by atoms with Gasteiger partial charge in [-0.15, -0.1) is 0 Å². The number of nitrogens with one attached hydrogen (secondary N) is 1. The monoisotopic (exact) mass is 400 g/mol. The topological polar surface area (TPSA) is 77.9 Å². The Hall–Kier alpha value is -2.38. The third-order valence-electron chi connectivity index (χ3n) is 5.42. The molecule has 0 radical (unpaired) electrons. The van der Waals surface area contributed by atoms with Gasteiger partial charge in [-0.05, 0) is 69.9 Å². The molecule has 0 spiro atoms. The van der Waals surface area contributed by atoms with Crippen LogP contribution in [-0.2, 0) is 6.54 Å². The van der Waals surface area contributed by atoms with E-state index in [9.17, 15) is 9.90 Å². The highest BCUT2D eigenvalue weighted by molar-refractivity contribution is 5.83. The molecule has 7 heteroatoms. The molecule has 2 aromatic rings. The van der Waals surface area contributed by atoms with Crippen LogP contribution in [0.3, 0.4) is 0 Å². The Morgan fingerprint density at radius 1 is 1.31 bits per heavy atom. The molecule has 0 saturated carbocycles. The summed E-state index contributed by atoms with van der Waals surface area (Å²) in [4.78, 5) is 16.2. The van der Waals surface area contributed by atoms with Crippen molar-refractivity contribution < 1.29 is 14.6 Å². The molecule has 1 fully saturated rings. The largest absolute Gasteiger partial charge is 0.497 e. The number of rotatable bonds is 5. The molecule has 1 saturated heterocycles. The predicted octanol–water partition coefficient (Wildman–Crippen LogP) is 3.88. The van der Waals surface area contributed by atoms with Gasteiger partial charge in [-0.3, -0.25) is 4.98 Å². The normalized spacial score (nSPS) is 18.4. The highest BCUT2D eigenvalue weighted by atomic mass is 16.5. The summed E-state index contributed by atoms with van der Waals surface area (Å²) < 4.78 is 5.36. The summed E-state index contributed by atoms with van der Waals surface area (Å²) in [7, 11) is 1.67. The molecule has 2 heterocycles. The summed E-state index contributed by atoms with van der Waals surface area (Å²) in [5.74, 6) is 0.827. The van der Waals surface area contributed by atoms with E-state index in [4.69, 9.17) is 4.74 Å². The molecule has 2 N–H and O–H groups in total. The van der Waals surface area contributed by atoms with Crippen LogP contribution in [0.25, 0.3) is 10.9 Å². The van der Waals surface area contributed by atoms with Gasteiger partial charge in [0.15, 0.2) is 0 Å². The Kier molecular flexibility index (Phi) is 6.59. The molecule has 0 aliphatic carbocycles. The summed E-state index contributed by atoms with van der Waals surface area (Å²) >= 11 is 0. The first kappa shape index (κ1) is 21.3. The second kappa shape index (κ2) is 8.97. The summed E-state index contributed by atoms with van der Waals surface area (Å²) in [5, 5.41) is 17.9. The minimum Gasteiger partial charge on any atom is -0.497 e. The zero-order chi connectivity index (χ0) is 21.0. The number of hydrogen-bond donors (Lipinski definition) is 2. The lowest BCUT2D eigenvalue weighted by molar-refractivity contribution is -0.0642. The second-order valence-electron chi connectivity index (χ2n) is 8.58. The smallest absolute Gasteiger partial charge is 0.422 e. The van der Waals surface area contributed by atoms with Crippen LogP contribution >= 0.6 is 0 Å². The van der Waals surface area contributed by atoms with E-state index in [0.29, 0.717) is 6.04 Å². The molecule has 1 aromatic carbocycles. The number of carboxylic acid groups (broad SMARTS) is 1. The van der Waals surface area contributed by atoms with Gasteiger partial charge < -0.3 is 15.2 Å². The first-order valence-electron chi connectivity index (χ1n) is 10.2. The van der Waals surface area contributed by atoms with Crippen molar-refractivity contribution in [2.24, 2.45) is 0 Å². The molecule has 0 bridgehead atoms. The highest BCUT2D eigenvalue weighted by Gasteiger charge is 2.33. The zero-order valence-corrected chi connectivity index (χ0v) is 17.8. The van der Waals surface area contributed by atoms with Crippen LogP contribution in [-0.4, -0.2) is 58.0 Å². The SMILES string of the molecule is COc1ccc2nccc(CNC3CCCN(N(C(=O)O)C(C)(C)C)CC3)c2c1. The van der Waals surface area contributed by atoms with Crippen LogP contribution in [0.4, 0.5) is 4.79 Å². The molecule has 158 valence electrons. The average Bonchev–Trinajstić information content (AvgIpc) is 2.90. The van der Waals surface area contributed by atoms with Gasteiger partial charge >= 0.3 is 6.09 Å². The van der Waals surface area contributed by atoms with E-state index >= 15 is 0 Å². The van der Waals surface area contributed by atoms with Crippen LogP contribution in [0.5, 0.6) is 5.75 Å². The second-order valence-corrected chi connectivity index (χ2v) is 8.58. The molecular formula is C22H32N4O3. The Labute approximate surface area is 172 Å². The van der Waals surface area contributed by atoms with Crippen molar-refractivity contribution in [3.05, 3.63) is 36.0 Å². The number of carbonyl (C=O) groups is 1. The third kappa shape index (κ3) is 5.16. The van der Waals surface area contributed by atoms with E-state index in [0.717, 1.165) is 55.5 Å². The zero-order valence-electron chi connectivity index (χ0n) is 17.8. The van der Waals surface area contributed by atoms with Gasteiger partial charge in [-0.25, -0.2) is 14.8 Å². The van der Waals surface area contributed by atoms with Crippen LogP contribution < -0.4 is 10.1 Å². The fourth-order valence-electron chi connectivity index (χ4n) is 4.04. The van der Waals surface area contributed by atoms with E-state index in [1.54, 1.807) is 7.11 Å². The number of nitrogens with zero attached hydrogens (tertiary/aromatic N) is 3. The van der Waals surface area contributed by atoms with Gasteiger partial charge in [0.25, 0.3) is 0 Å². The van der Waals surface area contributed by atoms with E-state index in [-0.39, 0.29) is 0 Å². The molecule has 1 aromatic heterocycles. The molecule has 3 rings (SSSR count). The number of hydrazine groups is 1. The Morgan fingerprint density at radius 3 is 2.79 bits per heavy atom. The summed E-state index contributed by atoms with van der Waals surface area (Å²) in [5.41, 5.74) is 1.70. The first-order valence-corrected chi connectivity index (χ1v) is 10.2. The van der Waals surface area contributed by atoms with Gasteiger partial charge in [0, 0.05) is 37.3 Å².